The number of carbonyl (C=O) groups excluding carboxylic acids is 2. The maximum atomic E-state index is 12.4. The molecule has 0 radical (unpaired) electrons. The average molecular weight is 675 g/mol. The predicted octanol–water partition coefficient (Wildman–Crippen LogP) is 9.28. The van der Waals surface area contributed by atoms with Gasteiger partial charge in [-0.3, -0.25) is 9.59 Å². The lowest BCUT2D eigenvalue weighted by Gasteiger charge is -2.31. The van der Waals surface area contributed by atoms with E-state index in [9.17, 15) is 9.59 Å². The predicted molar refractivity (Wildman–Crippen MR) is 195 cm³/mol. The zero-order chi connectivity index (χ0) is 35.4. The Bertz CT molecular complexity index is 1370. The third-order valence-electron chi connectivity index (χ3n) is 8.82. The molecule has 0 N–H and O–H groups in total. The molecule has 0 amide bonds. The highest BCUT2D eigenvalue weighted by molar-refractivity contribution is 5.69. The fourth-order valence-electron chi connectivity index (χ4n) is 5.68. The summed E-state index contributed by atoms with van der Waals surface area (Å²) in [6, 6.07) is 26.5. The van der Waals surface area contributed by atoms with Crippen molar-refractivity contribution in [3.8, 4) is 5.75 Å². The lowest BCUT2D eigenvalue weighted by molar-refractivity contribution is -0.146. The Labute approximate surface area is 294 Å². The highest BCUT2D eigenvalue weighted by Crippen LogP contribution is 2.40. The number of esters is 2. The third kappa shape index (κ3) is 15.2. The van der Waals surface area contributed by atoms with Crippen LogP contribution in [0.15, 0.2) is 78.9 Å². The number of carbonyl (C=O) groups is 2. The second-order valence-electron chi connectivity index (χ2n) is 13.9. The number of ether oxygens (including phenoxy) is 5. The van der Waals surface area contributed by atoms with E-state index in [1.54, 1.807) is 0 Å². The first-order valence-electron chi connectivity index (χ1n) is 17.9. The van der Waals surface area contributed by atoms with Gasteiger partial charge in [-0.25, -0.2) is 0 Å². The Kier molecular flexibility index (Phi) is 17.4. The molecule has 0 spiro atoms. The fourth-order valence-corrected chi connectivity index (χ4v) is 5.68. The number of hydrogen-bond acceptors (Lipinski definition) is 7. The molecule has 7 heteroatoms. The Balaban J connectivity index is 1.44. The molecule has 3 aromatic carbocycles. The van der Waals surface area contributed by atoms with E-state index in [4.69, 9.17) is 23.7 Å². The molecular formula is C42H58O7. The SMILES string of the molecule is CCCCOc1cc(C(C)(C)CCCC(=O)OCCOCc2ccccc2)ccc1C(C)(C)CCCC(=O)OCCOCc1ccccc1. The molecule has 0 saturated carbocycles. The van der Waals surface area contributed by atoms with E-state index in [0.717, 1.165) is 54.5 Å². The van der Waals surface area contributed by atoms with Gasteiger partial charge in [-0.2, -0.15) is 0 Å². The Morgan fingerprint density at radius 1 is 0.592 bits per heavy atom. The molecule has 0 aromatic heterocycles. The minimum absolute atomic E-state index is 0.154. The normalized spacial score (nSPS) is 11.7. The minimum Gasteiger partial charge on any atom is -0.493 e. The van der Waals surface area contributed by atoms with Crippen LogP contribution in [0.1, 0.15) is 108 Å². The van der Waals surface area contributed by atoms with E-state index in [-0.39, 0.29) is 36.0 Å². The van der Waals surface area contributed by atoms with Crippen molar-refractivity contribution in [3.05, 3.63) is 101 Å². The summed E-state index contributed by atoms with van der Waals surface area (Å²) in [6.45, 7) is 13.9. The summed E-state index contributed by atoms with van der Waals surface area (Å²) in [5.41, 5.74) is 4.17. The number of unbranched alkanes of at least 4 members (excludes halogenated alkanes) is 1. The third-order valence-corrected chi connectivity index (χ3v) is 8.82. The van der Waals surface area contributed by atoms with Gasteiger partial charge in [0.25, 0.3) is 0 Å². The van der Waals surface area contributed by atoms with E-state index >= 15 is 0 Å². The van der Waals surface area contributed by atoms with Crippen molar-refractivity contribution in [3.63, 3.8) is 0 Å². The van der Waals surface area contributed by atoms with Crippen molar-refractivity contribution >= 4 is 11.9 Å². The Hall–Kier alpha value is -3.68. The number of rotatable bonds is 24. The molecule has 3 aromatic rings. The molecular weight excluding hydrogens is 616 g/mol. The fraction of sp³-hybridized carbons (Fsp3) is 0.524. The topological polar surface area (TPSA) is 80.3 Å². The smallest absolute Gasteiger partial charge is 0.305 e. The van der Waals surface area contributed by atoms with Gasteiger partial charge in [0, 0.05) is 12.8 Å². The van der Waals surface area contributed by atoms with Gasteiger partial charge in [0.1, 0.15) is 19.0 Å². The molecule has 268 valence electrons. The molecule has 0 atom stereocenters. The van der Waals surface area contributed by atoms with Gasteiger partial charge in [-0.1, -0.05) is 114 Å². The van der Waals surface area contributed by atoms with Gasteiger partial charge < -0.3 is 23.7 Å². The molecule has 0 aliphatic rings. The Morgan fingerprint density at radius 2 is 1.10 bits per heavy atom. The molecule has 0 aliphatic carbocycles. The molecule has 0 aliphatic heterocycles. The van der Waals surface area contributed by atoms with Crippen molar-refractivity contribution in [2.45, 2.75) is 110 Å². The van der Waals surface area contributed by atoms with E-state index < -0.39 is 0 Å². The van der Waals surface area contributed by atoms with Gasteiger partial charge in [-0.15, -0.1) is 0 Å². The van der Waals surface area contributed by atoms with E-state index in [2.05, 4.69) is 52.8 Å². The van der Waals surface area contributed by atoms with Crippen molar-refractivity contribution in [1.82, 2.24) is 0 Å². The maximum absolute atomic E-state index is 12.4. The summed E-state index contributed by atoms with van der Waals surface area (Å²) in [5.74, 6) is 0.507. The lowest BCUT2D eigenvalue weighted by Crippen LogP contribution is -2.22. The Morgan fingerprint density at radius 3 is 1.61 bits per heavy atom. The van der Waals surface area contributed by atoms with Crippen LogP contribution in [0, 0.1) is 0 Å². The first-order valence-corrected chi connectivity index (χ1v) is 17.9. The standard InChI is InChI=1S/C42H58O7/c1-6-7-26-47-38-31-36(41(2,3)24-14-20-39(43)48-29-27-45-32-34-16-10-8-11-17-34)22-23-37(38)42(4,5)25-15-21-40(44)49-30-28-46-33-35-18-12-9-13-19-35/h8-13,16-19,22-23,31H,6-7,14-15,20-21,24-30,32-33H2,1-5H3. The van der Waals surface area contributed by atoms with Crippen LogP contribution in [0.4, 0.5) is 0 Å². The molecule has 3 rings (SSSR count). The summed E-state index contributed by atoms with van der Waals surface area (Å²) >= 11 is 0. The molecule has 0 saturated heterocycles. The molecule has 0 fully saturated rings. The zero-order valence-corrected chi connectivity index (χ0v) is 30.5. The molecule has 0 bridgehead atoms. The van der Waals surface area contributed by atoms with Crippen LogP contribution in [-0.2, 0) is 52.6 Å². The van der Waals surface area contributed by atoms with E-state index in [1.165, 1.54) is 5.56 Å². The number of benzene rings is 3. The quantitative estimate of drug-likeness (QED) is 0.0692. The van der Waals surface area contributed by atoms with Crippen LogP contribution in [0.3, 0.4) is 0 Å². The van der Waals surface area contributed by atoms with Gasteiger partial charge >= 0.3 is 11.9 Å². The van der Waals surface area contributed by atoms with Gasteiger partial charge in [0.2, 0.25) is 0 Å². The van der Waals surface area contributed by atoms with Crippen LogP contribution >= 0.6 is 0 Å². The van der Waals surface area contributed by atoms with Crippen LogP contribution in [-0.4, -0.2) is 45.0 Å². The lowest BCUT2D eigenvalue weighted by atomic mass is 9.76. The maximum Gasteiger partial charge on any atom is 0.305 e. The van der Waals surface area contributed by atoms with Gasteiger partial charge in [-0.05, 0) is 71.3 Å². The monoisotopic (exact) mass is 674 g/mol. The molecule has 0 heterocycles. The highest BCUT2D eigenvalue weighted by atomic mass is 16.6. The summed E-state index contributed by atoms with van der Waals surface area (Å²) in [5, 5.41) is 0. The van der Waals surface area contributed by atoms with Crippen LogP contribution < -0.4 is 4.74 Å². The second-order valence-corrected chi connectivity index (χ2v) is 13.9. The van der Waals surface area contributed by atoms with Crippen LogP contribution in [0.5, 0.6) is 5.75 Å². The average Bonchev–Trinajstić information content (AvgIpc) is 3.09. The van der Waals surface area contributed by atoms with E-state index in [0.29, 0.717) is 52.3 Å². The summed E-state index contributed by atoms with van der Waals surface area (Å²) in [6.07, 6.45) is 5.87. The number of hydrogen-bond donors (Lipinski definition) is 0. The van der Waals surface area contributed by atoms with Crippen molar-refractivity contribution in [2.75, 3.05) is 33.0 Å². The van der Waals surface area contributed by atoms with Crippen molar-refractivity contribution in [1.29, 1.82) is 0 Å². The molecule has 7 nitrogen and oxygen atoms in total. The zero-order valence-electron chi connectivity index (χ0n) is 30.5. The summed E-state index contributed by atoms with van der Waals surface area (Å²) < 4.78 is 28.4. The largest absolute Gasteiger partial charge is 0.493 e. The van der Waals surface area contributed by atoms with Crippen LogP contribution in [0.25, 0.3) is 0 Å². The second kappa shape index (κ2) is 21.4. The summed E-state index contributed by atoms with van der Waals surface area (Å²) in [4.78, 5) is 24.8. The van der Waals surface area contributed by atoms with E-state index in [1.807, 2.05) is 60.7 Å². The van der Waals surface area contributed by atoms with Gasteiger partial charge in [0.15, 0.2) is 0 Å². The highest BCUT2D eigenvalue weighted by Gasteiger charge is 2.28. The first kappa shape index (κ1) is 39.8. The summed E-state index contributed by atoms with van der Waals surface area (Å²) in [7, 11) is 0. The molecule has 0 unspecified atom stereocenters. The van der Waals surface area contributed by atoms with Crippen LogP contribution in [0.2, 0.25) is 0 Å². The van der Waals surface area contributed by atoms with Gasteiger partial charge in [0.05, 0.1) is 33.0 Å². The van der Waals surface area contributed by atoms with Crippen molar-refractivity contribution < 1.29 is 33.3 Å². The van der Waals surface area contributed by atoms with Crippen molar-refractivity contribution in [2.24, 2.45) is 0 Å². The molecule has 49 heavy (non-hydrogen) atoms. The minimum atomic E-state index is -0.198. The first-order chi connectivity index (χ1) is 23.6.